The fourth-order valence-corrected chi connectivity index (χ4v) is 2.51. The third kappa shape index (κ3) is 3.79. The predicted molar refractivity (Wildman–Crippen MR) is 92.2 cm³/mol. The largest absolute Gasteiger partial charge is 0.423 e. The number of fused-ring (bicyclic) bond motifs is 1. The maximum atomic E-state index is 14.3. The maximum absolute atomic E-state index is 14.3. The molecule has 0 fully saturated rings. The molecule has 2 aromatic carbocycles. The summed E-state index contributed by atoms with van der Waals surface area (Å²) in [6, 6.07) is 6.59. The highest BCUT2D eigenvalue weighted by atomic mass is 35.5. The van der Waals surface area contributed by atoms with Crippen molar-refractivity contribution >= 4 is 40.2 Å². The van der Waals surface area contributed by atoms with E-state index in [4.69, 9.17) is 16.0 Å². The van der Waals surface area contributed by atoms with Crippen LogP contribution < -0.4 is 5.32 Å². The molecule has 0 saturated heterocycles. The van der Waals surface area contributed by atoms with E-state index in [2.05, 4.69) is 10.3 Å². The topological polar surface area (TPSA) is 55.1 Å². The summed E-state index contributed by atoms with van der Waals surface area (Å²) < 4.78 is 32.8. The normalized spacial score (nSPS) is 11.3. The molecule has 1 heterocycles. The molecule has 4 nitrogen and oxygen atoms in total. The van der Waals surface area contributed by atoms with Gasteiger partial charge in [0, 0.05) is 18.4 Å². The number of rotatable bonds is 5. The van der Waals surface area contributed by atoms with Crippen LogP contribution >= 0.6 is 11.6 Å². The average molecular weight is 365 g/mol. The van der Waals surface area contributed by atoms with E-state index in [1.165, 1.54) is 30.3 Å². The molecular weight excluding hydrogens is 350 g/mol. The van der Waals surface area contributed by atoms with Gasteiger partial charge in [0.05, 0.1) is 10.7 Å². The van der Waals surface area contributed by atoms with Crippen molar-refractivity contribution in [1.29, 1.82) is 0 Å². The molecule has 0 radical (unpaired) electrons. The molecule has 0 aliphatic heterocycles. The Morgan fingerprint density at radius 3 is 2.76 bits per heavy atom. The zero-order chi connectivity index (χ0) is 18.1. The van der Waals surface area contributed by atoms with E-state index in [0.717, 1.165) is 0 Å². The van der Waals surface area contributed by atoms with E-state index < -0.39 is 11.6 Å². The molecule has 0 unspecified atom stereocenters. The molecule has 0 atom stereocenters. The van der Waals surface area contributed by atoms with Gasteiger partial charge in [0.2, 0.25) is 0 Å². The average Bonchev–Trinajstić information content (AvgIpc) is 2.93. The lowest BCUT2D eigenvalue weighted by Crippen LogP contribution is -2.11. The van der Waals surface area contributed by atoms with Crippen molar-refractivity contribution in [3.63, 3.8) is 0 Å². The molecule has 3 aromatic rings. The Morgan fingerprint density at radius 2 is 2.04 bits per heavy atom. The number of anilines is 2. The minimum absolute atomic E-state index is 0.0222. The zero-order valence-corrected chi connectivity index (χ0v) is 14.3. The smallest absolute Gasteiger partial charge is 0.300 e. The number of nitrogens with zero attached hydrogens (tertiary/aromatic N) is 1. The molecule has 0 amide bonds. The molecule has 0 aliphatic carbocycles. The van der Waals surface area contributed by atoms with Gasteiger partial charge in [-0.2, -0.15) is 4.98 Å². The van der Waals surface area contributed by atoms with Crippen molar-refractivity contribution in [3.8, 4) is 0 Å². The summed E-state index contributed by atoms with van der Waals surface area (Å²) in [6.07, 6.45) is -0.0222. The van der Waals surface area contributed by atoms with Gasteiger partial charge in [-0.1, -0.05) is 25.4 Å². The Morgan fingerprint density at radius 1 is 1.28 bits per heavy atom. The number of hydrogen-bond acceptors (Lipinski definition) is 4. The number of Topliss-reactive ketones (excluding diaryl/α,β-unsaturated/α-hetero) is 1. The molecule has 130 valence electrons. The fraction of sp³-hybridized carbons (Fsp3) is 0.222. The van der Waals surface area contributed by atoms with Gasteiger partial charge >= 0.3 is 0 Å². The molecule has 3 rings (SSSR count). The van der Waals surface area contributed by atoms with Gasteiger partial charge < -0.3 is 9.73 Å². The van der Waals surface area contributed by atoms with Crippen LogP contribution in [0.4, 0.5) is 20.5 Å². The summed E-state index contributed by atoms with van der Waals surface area (Å²) >= 11 is 6.17. The SMILES string of the molecule is CC(C)C(=O)Cc1cc(Cl)c(Nc2nc3ccc(F)cc3o2)cc1F. The van der Waals surface area contributed by atoms with E-state index >= 15 is 0 Å². The number of carbonyl (C=O) groups is 1. The minimum Gasteiger partial charge on any atom is -0.423 e. The van der Waals surface area contributed by atoms with Gasteiger partial charge in [-0.3, -0.25) is 4.79 Å². The lowest BCUT2D eigenvalue weighted by molar-refractivity contribution is -0.121. The number of ketones is 1. The molecule has 1 N–H and O–H groups in total. The van der Waals surface area contributed by atoms with Crippen molar-refractivity contribution < 1.29 is 18.0 Å². The second-order valence-electron chi connectivity index (χ2n) is 5.98. The highest BCUT2D eigenvalue weighted by molar-refractivity contribution is 6.33. The Bertz CT molecular complexity index is 954. The fourth-order valence-electron chi connectivity index (χ4n) is 2.28. The standard InChI is InChI=1S/C18H15ClF2N2O2/c1-9(2)16(24)6-10-5-12(19)15(8-13(10)21)23-18-22-14-4-3-11(20)7-17(14)25-18/h3-5,7-9H,6H2,1-2H3,(H,22,23). The van der Waals surface area contributed by atoms with E-state index in [-0.39, 0.29) is 46.0 Å². The summed E-state index contributed by atoms with van der Waals surface area (Å²) in [7, 11) is 0. The first-order valence-corrected chi connectivity index (χ1v) is 8.05. The van der Waals surface area contributed by atoms with Crippen LogP contribution in [0.1, 0.15) is 19.4 Å². The van der Waals surface area contributed by atoms with Crippen LogP contribution in [-0.4, -0.2) is 10.8 Å². The van der Waals surface area contributed by atoms with Gasteiger partial charge in [-0.15, -0.1) is 0 Å². The number of hydrogen-bond donors (Lipinski definition) is 1. The summed E-state index contributed by atoms with van der Waals surface area (Å²) in [5, 5.41) is 2.99. The van der Waals surface area contributed by atoms with Crippen LogP contribution in [0.5, 0.6) is 0 Å². The minimum atomic E-state index is -0.553. The van der Waals surface area contributed by atoms with Crippen LogP contribution in [0, 0.1) is 17.6 Å². The van der Waals surface area contributed by atoms with Crippen molar-refractivity contribution in [2.75, 3.05) is 5.32 Å². The van der Waals surface area contributed by atoms with E-state index in [1.54, 1.807) is 13.8 Å². The lowest BCUT2D eigenvalue weighted by Gasteiger charge is -2.10. The van der Waals surface area contributed by atoms with Gasteiger partial charge in [0.15, 0.2) is 5.58 Å². The van der Waals surface area contributed by atoms with Crippen molar-refractivity contribution in [2.24, 2.45) is 5.92 Å². The summed E-state index contributed by atoms with van der Waals surface area (Å²) in [5.74, 6) is -1.26. The highest BCUT2D eigenvalue weighted by Crippen LogP contribution is 2.30. The lowest BCUT2D eigenvalue weighted by atomic mass is 10.0. The monoisotopic (exact) mass is 364 g/mol. The molecule has 0 spiro atoms. The Hall–Kier alpha value is -2.47. The van der Waals surface area contributed by atoms with Crippen LogP contribution in [0.25, 0.3) is 11.1 Å². The van der Waals surface area contributed by atoms with Crippen molar-refractivity contribution in [3.05, 3.63) is 52.6 Å². The maximum Gasteiger partial charge on any atom is 0.300 e. The number of oxazole rings is 1. The third-order valence-corrected chi connectivity index (χ3v) is 4.05. The number of nitrogens with one attached hydrogen (secondary N) is 1. The van der Waals surface area contributed by atoms with Crippen LogP contribution in [0.3, 0.4) is 0 Å². The first-order chi connectivity index (χ1) is 11.8. The summed E-state index contributed by atoms with van der Waals surface area (Å²) in [6.45, 7) is 3.52. The zero-order valence-electron chi connectivity index (χ0n) is 13.6. The predicted octanol–water partition coefficient (Wildman–Crippen LogP) is 5.27. The molecular formula is C18H15ClF2N2O2. The van der Waals surface area contributed by atoms with Crippen LogP contribution in [0.15, 0.2) is 34.7 Å². The Kier molecular flexibility index (Phi) is 4.72. The Labute approximate surface area is 147 Å². The molecule has 1 aromatic heterocycles. The van der Waals surface area contributed by atoms with Gasteiger partial charge in [-0.05, 0) is 29.8 Å². The van der Waals surface area contributed by atoms with Gasteiger partial charge in [0.25, 0.3) is 6.01 Å². The number of carbonyl (C=O) groups excluding carboxylic acids is 1. The molecule has 0 aliphatic rings. The van der Waals surface area contributed by atoms with Crippen LogP contribution in [0.2, 0.25) is 5.02 Å². The molecule has 7 heteroatoms. The van der Waals surface area contributed by atoms with Crippen LogP contribution in [-0.2, 0) is 11.2 Å². The molecule has 0 saturated carbocycles. The summed E-state index contributed by atoms with van der Waals surface area (Å²) in [4.78, 5) is 15.9. The molecule has 25 heavy (non-hydrogen) atoms. The number of aromatic nitrogens is 1. The highest BCUT2D eigenvalue weighted by Gasteiger charge is 2.16. The van der Waals surface area contributed by atoms with E-state index in [1.807, 2.05) is 0 Å². The van der Waals surface area contributed by atoms with Crippen molar-refractivity contribution in [1.82, 2.24) is 4.98 Å². The van der Waals surface area contributed by atoms with Gasteiger partial charge in [-0.25, -0.2) is 8.78 Å². The first kappa shape index (κ1) is 17.4. The Balaban J connectivity index is 1.86. The van der Waals surface area contributed by atoms with E-state index in [9.17, 15) is 13.6 Å². The quantitative estimate of drug-likeness (QED) is 0.670. The second kappa shape index (κ2) is 6.80. The van der Waals surface area contributed by atoms with Crippen molar-refractivity contribution in [2.45, 2.75) is 20.3 Å². The third-order valence-electron chi connectivity index (χ3n) is 3.74. The first-order valence-electron chi connectivity index (χ1n) is 7.67. The number of halogens is 3. The van der Waals surface area contributed by atoms with E-state index in [0.29, 0.717) is 5.52 Å². The second-order valence-corrected chi connectivity index (χ2v) is 6.38. The molecule has 0 bridgehead atoms. The number of benzene rings is 2. The van der Waals surface area contributed by atoms with Gasteiger partial charge in [0.1, 0.15) is 22.9 Å². The summed E-state index contributed by atoms with van der Waals surface area (Å²) in [5.41, 5.74) is 1.19.